The lowest BCUT2D eigenvalue weighted by molar-refractivity contribution is -0.122. The number of carbonyl (C=O) groups is 2. The molecule has 178 valence electrons. The average molecular weight is 492 g/mol. The largest absolute Gasteiger partial charge is 0.368 e. The summed E-state index contributed by atoms with van der Waals surface area (Å²) in [6.45, 7) is 6.98. The summed E-state index contributed by atoms with van der Waals surface area (Å²) >= 11 is 5.94. The molecule has 0 fully saturated rings. The van der Waals surface area contributed by atoms with E-state index in [-0.39, 0.29) is 29.7 Å². The summed E-state index contributed by atoms with van der Waals surface area (Å²) < 4.78 is 28.4. The van der Waals surface area contributed by atoms with E-state index in [0.717, 1.165) is 5.56 Å². The van der Waals surface area contributed by atoms with E-state index in [2.05, 4.69) is 0 Å². The van der Waals surface area contributed by atoms with Crippen LogP contribution in [0.15, 0.2) is 47.4 Å². The summed E-state index contributed by atoms with van der Waals surface area (Å²) in [7, 11) is -4.05. The number of halogens is 1. The lowest BCUT2D eigenvalue weighted by Crippen LogP contribution is -2.48. The fourth-order valence-corrected chi connectivity index (χ4v) is 5.82. The van der Waals surface area contributed by atoms with Crippen LogP contribution in [0.3, 0.4) is 0 Å². The molecule has 1 heterocycles. The molecule has 0 aliphatic carbocycles. The topological polar surface area (TPSA) is 101 Å². The molecule has 0 aromatic heterocycles. The van der Waals surface area contributed by atoms with Gasteiger partial charge in [-0.05, 0) is 67.1 Å². The number of amides is 2. The van der Waals surface area contributed by atoms with Gasteiger partial charge in [-0.15, -0.1) is 0 Å². The number of likely N-dealkylation sites (N-methyl/N-ethyl adjacent to an activating group) is 1. The maximum atomic E-state index is 13.6. The predicted octanol–water partition coefficient (Wildman–Crippen LogP) is 3.45. The van der Waals surface area contributed by atoms with Gasteiger partial charge in [-0.3, -0.25) is 9.59 Å². The van der Waals surface area contributed by atoms with E-state index in [1.807, 2.05) is 26.8 Å². The van der Waals surface area contributed by atoms with Crippen molar-refractivity contribution >= 4 is 33.4 Å². The van der Waals surface area contributed by atoms with Crippen LogP contribution in [0.4, 0.5) is 0 Å². The molecular weight excluding hydrogens is 462 g/mol. The second kappa shape index (κ2) is 10.2. The number of rotatable bonds is 9. The molecule has 2 N–H and O–H groups in total. The second-order valence-electron chi connectivity index (χ2n) is 8.68. The van der Waals surface area contributed by atoms with Gasteiger partial charge in [0.15, 0.2) is 0 Å². The molecule has 0 spiro atoms. The number of hydrogen-bond donors (Lipinski definition) is 1. The highest BCUT2D eigenvalue weighted by Gasteiger charge is 2.35. The van der Waals surface area contributed by atoms with Gasteiger partial charge in [0.05, 0.1) is 4.90 Å². The Kier molecular flexibility index (Phi) is 7.82. The summed E-state index contributed by atoms with van der Waals surface area (Å²) in [6, 6.07) is 10.2. The van der Waals surface area contributed by atoms with E-state index >= 15 is 0 Å². The monoisotopic (exact) mass is 491 g/mol. The minimum atomic E-state index is -4.05. The average Bonchev–Trinajstić information content (AvgIpc) is 2.76. The molecule has 2 aromatic rings. The van der Waals surface area contributed by atoms with Crippen LogP contribution in [0.5, 0.6) is 0 Å². The molecule has 0 radical (unpaired) electrons. The first-order chi connectivity index (χ1) is 15.5. The number of nitrogens with zero attached hydrogens (tertiary/aromatic N) is 2. The van der Waals surface area contributed by atoms with Crippen molar-refractivity contribution in [3.8, 4) is 0 Å². The van der Waals surface area contributed by atoms with Crippen LogP contribution in [-0.2, 0) is 27.8 Å². The first kappa shape index (κ1) is 25.2. The molecule has 0 saturated carbocycles. The van der Waals surface area contributed by atoms with E-state index in [1.165, 1.54) is 28.6 Å². The van der Waals surface area contributed by atoms with Crippen molar-refractivity contribution in [3.05, 3.63) is 64.2 Å². The molecule has 9 heteroatoms. The molecule has 2 amide bonds. The van der Waals surface area contributed by atoms with Crippen molar-refractivity contribution in [2.24, 2.45) is 11.7 Å². The van der Waals surface area contributed by atoms with E-state index in [1.54, 1.807) is 17.0 Å². The lowest BCUT2D eigenvalue weighted by atomic mass is 9.96. The van der Waals surface area contributed by atoms with Gasteiger partial charge in [0.1, 0.15) is 6.04 Å². The Labute approximate surface area is 200 Å². The van der Waals surface area contributed by atoms with Crippen LogP contribution in [-0.4, -0.2) is 48.6 Å². The van der Waals surface area contributed by atoms with Crippen LogP contribution in [0.1, 0.15) is 48.7 Å². The number of primary amides is 1. The van der Waals surface area contributed by atoms with E-state index in [4.69, 9.17) is 17.3 Å². The summed E-state index contributed by atoms with van der Waals surface area (Å²) in [5.41, 5.74) is 7.89. The Morgan fingerprint density at radius 3 is 2.42 bits per heavy atom. The van der Waals surface area contributed by atoms with Gasteiger partial charge in [-0.2, -0.15) is 4.31 Å². The van der Waals surface area contributed by atoms with Gasteiger partial charge < -0.3 is 10.6 Å². The predicted molar refractivity (Wildman–Crippen MR) is 128 cm³/mol. The first-order valence-corrected chi connectivity index (χ1v) is 12.8. The molecule has 1 aliphatic heterocycles. The van der Waals surface area contributed by atoms with Gasteiger partial charge in [-0.25, -0.2) is 8.42 Å². The smallest absolute Gasteiger partial charge is 0.254 e. The summed E-state index contributed by atoms with van der Waals surface area (Å²) in [6.07, 6.45) is 0.981. The number of carbonyl (C=O) groups excluding carboxylic acids is 2. The standard InChI is InChI=1S/C24H30ClN3O4S/c1-4-27-12-11-18-14-17(5-10-21(18)24(27)30)15-28(22(23(26)29)13-16(2)3)33(31,32)20-8-6-19(25)7-9-20/h5-10,14,16,22H,4,11-13,15H2,1-3H3,(H2,26,29)/t22-/m1/s1. The molecule has 2 aromatic carbocycles. The minimum absolute atomic E-state index is 0.0224. The normalized spacial score (nSPS) is 15.1. The van der Waals surface area contributed by atoms with E-state index in [9.17, 15) is 18.0 Å². The van der Waals surface area contributed by atoms with Gasteiger partial charge >= 0.3 is 0 Å². The van der Waals surface area contributed by atoms with Crippen molar-refractivity contribution < 1.29 is 18.0 Å². The van der Waals surface area contributed by atoms with Crippen LogP contribution >= 0.6 is 11.6 Å². The number of sulfonamides is 1. The quantitative estimate of drug-likeness (QED) is 0.580. The maximum absolute atomic E-state index is 13.6. The summed E-state index contributed by atoms with van der Waals surface area (Å²) in [5, 5.41) is 0.412. The molecule has 1 aliphatic rings. The minimum Gasteiger partial charge on any atom is -0.368 e. The molecular formula is C24H30ClN3O4S. The Hall–Kier alpha value is -2.42. The van der Waals surface area contributed by atoms with Gasteiger partial charge in [-0.1, -0.05) is 37.6 Å². The Morgan fingerprint density at radius 2 is 1.85 bits per heavy atom. The Balaban J connectivity index is 2.02. The number of hydrogen-bond acceptors (Lipinski definition) is 4. The molecule has 0 bridgehead atoms. The molecule has 3 rings (SSSR count). The van der Waals surface area contributed by atoms with E-state index in [0.29, 0.717) is 35.7 Å². The van der Waals surface area contributed by atoms with Crippen LogP contribution in [0.2, 0.25) is 5.02 Å². The van der Waals surface area contributed by atoms with Crippen LogP contribution < -0.4 is 5.73 Å². The zero-order chi connectivity index (χ0) is 24.3. The van der Waals surface area contributed by atoms with Crippen molar-refractivity contribution in [2.45, 2.75) is 51.1 Å². The van der Waals surface area contributed by atoms with Gasteiger partial charge in [0.25, 0.3) is 5.91 Å². The third-order valence-corrected chi connectivity index (χ3v) is 7.97. The maximum Gasteiger partial charge on any atom is 0.254 e. The van der Waals surface area contributed by atoms with Crippen LogP contribution in [0, 0.1) is 5.92 Å². The number of benzene rings is 2. The molecule has 0 saturated heterocycles. The van der Waals surface area contributed by atoms with Crippen molar-refractivity contribution in [1.29, 1.82) is 0 Å². The zero-order valence-corrected chi connectivity index (χ0v) is 20.7. The number of fused-ring (bicyclic) bond motifs is 1. The van der Waals surface area contributed by atoms with Crippen molar-refractivity contribution in [1.82, 2.24) is 9.21 Å². The third-order valence-electron chi connectivity index (χ3n) is 5.85. The highest BCUT2D eigenvalue weighted by Crippen LogP contribution is 2.27. The molecule has 0 unspecified atom stereocenters. The Bertz CT molecular complexity index is 1130. The molecule has 1 atom stereocenters. The lowest BCUT2D eigenvalue weighted by Gasteiger charge is -2.31. The molecule has 7 nitrogen and oxygen atoms in total. The highest BCUT2D eigenvalue weighted by atomic mass is 35.5. The summed E-state index contributed by atoms with van der Waals surface area (Å²) in [5.74, 6) is -0.676. The van der Waals surface area contributed by atoms with Gasteiger partial charge in [0.2, 0.25) is 15.9 Å². The third kappa shape index (κ3) is 5.57. The number of nitrogens with two attached hydrogens (primary N) is 1. The second-order valence-corrected chi connectivity index (χ2v) is 11.0. The Morgan fingerprint density at radius 1 is 1.18 bits per heavy atom. The summed E-state index contributed by atoms with van der Waals surface area (Å²) in [4.78, 5) is 26.8. The highest BCUT2D eigenvalue weighted by molar-refractivity contribution is 7.89. The van der Waals surface area contributed by atoms with Crippen molar-refractivity contribution in [3.63, 3.8) is 0 Å². The van der Waals surface area contributed by atoms with Gasteiger partial charge in [0, 0.05) is 30.2 Å². The van der Waals surface area contributed by atoms with E-state index < -0.39 is 22.0 Å². The fraction of sp³-hybridized carbons (Fsp3) is 0.417. The SMILES string of the molecule is CCN1CCc2cc(CN([C@H](CC(C)C)C(N)=O)S(=O)(=O)c3ccc(Cl)cc3)ccc2C1=O. The first-order valence-electron chi connectivity index (χ1n) is 11.0. The molecule has 33 heavy (non-hydrogen) atoms. The van der Waals surface area contributed by atoms with Crippen molar-refractivity contribution in [2.75, 3.05) is 13.1 Å². The zero-order valence-electron chi connectivity index (χ0n) is 19.1. The van der Waals surface area contributed by atoms with Crippen LogP contribution in [0.25, 0.3) is 0 Å². The fourth-order valence-electron chi connectivity index (χ4n) is 4.10.